The van der Waals surface area contributed by atoms with Crippen molar-refractivity contribution in [2.75, 3.05) is 11.1 Å². The third kappa shape index (κ3) is 5.24. The van der Waals surface area contributed by atoms with Crippen LogP contribution in [0.4, 0.5) is 18.9 Å². The third-order valence-electron chi connectivity index (χ3n) is 2.79. The van der Waals surface area contributed by atoms with E-state index in [4.69, 9.17) is 0 Å². The van der Waals surface area contributed by atoms with E-state index in [2.05, 4.69) is 15.3 Å². The van der Waals surface area contributed by atoms with Gasteiger partial charge in [-0.2, -0.15) is 13.2 Å². The number of hydrogen-bond acceptors (Lipinski definition) is 4. The third-order valence-corrected chi connectivity index (χ3v) is 3.64. The topological polar surface area (TPSA) is 54.9 Å². The molecule has 0 saturated carbocycles. The molecular formula is C15H14F3N3OS. The lowest BCUT2D eigenvalue weighted by Crippen LogP contribution is -2.14. The minimum absolute atomic E-state index is 0.0733. The van der Waals surface area contributed by atoms with Gasteiger partial charge in [0.15, 0.2) is 5.16 Å². The van der Waals surface area contributed by atoms with Crippen LogP contribution >= 0.6 is 11.8 Å². The second-order valence-corrected chi connectivity index (χ2v) is 5.79. The highest BCUT2D eigenvalue weighted by molar-refractivity contribution is 7.99. The molecule has 2 rings (SSSR count). The molecular weight excluding hydrogens is 327 g/mol. The second-order valence-electron chi connectivity index (χ2n) is 4.85. The first kappa shape index (κ1) is 17.3. The van der Waals surface area contributed by atoms with Crippen LogP contribution in [-0.4, -0.2) is 21.6 Å². The van der Waals surface area contributed by atoms with Crippen molar-refractivity contribution in [1.29, 1.82) is 0 Å². The highest BCUT2D eigenvalue weighted by Gasteiger charge is 2.29. The number of nitrogens with one attached hydrogen (secondary N) is 1. The largest absolute Gasteiger partial charge is 0.416 e. The molecule has 0 atom stereocenters. The smallest absolute Gasteiger partial charge is 0.325 e. The van der Waals surface area contributed by atoms with Gasteiger partial charge in [0.25, 0.3) is 0 Å². The first-order valence-corrected chi connectivity index (χ1v) is 7.65. The predicted octanol–water partition coefficient (Wildman–Crippen LogP) is 3.84. The number of carbonyl (C=O) groups excluding carboxylic acids is 1. The normalized spacial score (nSPS) is 11.3. The van der Waals surface area contributed by atoms with Gasteiger partial charge in [-0.15, -0.1) is 0 Å². The van der Waals surface area contributed by atoms with Gasteiger partial charge < -0.3 is 5.32 Å². The standard InChI is InChI=1S/C15H14F3N3OS/c1-9-7-10(2)20-14(19-9)23-8-13(22)21-12-5-3-11(4-6-12)15(16,17)18/h3-7H,8H2,1-2H3,(H,21,22). The van der Waals surface area contributed by atoms with Crippen molar-refractivity contribution >= 4 is 23.4 Å². The molecule has 1 aromatic heterocycles. The Labute approximate surface area is 135 Å². The molecule has 23 heavy (non-hydrogen) atoms. The number of benzene rings is 1. The number of nitrogens with zero attached hydrogens (tertiary/aromatic N) is 2. The van der Waals surface area contributed by atoms with Crippen molar-refractivity contribution in [3.8, 4) is 0 Å². The minimum atomic E-state index is -4.39. The Hall–Kier alpha value is -2.09. The number of thioether (sulfide) groups is 1. The molecule has 2 aromatic rings. The summed E-state index contributed by atoms with van der Waals surface area (Å²) in [6.45, 7) is 3.67. The van der Waals surface area contributed by atoms with Crippen molar-refractivity contribution in [2.24, 2.45) is 0 Å². The first-order valence-electron chi connectivity index (χ1n) is 6.66. The van der Waals surface area contributed by atoms with E-state index in [-0.39, 0.29) is 11.7 Å². The molecule has 0 bridgehead atoms. The van der Waals surface area contributed by atoms with Gasteiger partial charge >= 0.3 is 6.18 Å². The molecule has 1 aromatic carbocycles. The Kier molecular flexibility index (Phi) is 5.25. The lowest BCUT2D eigenvalue weighted by atomic mass is 10.2. The van der Waals surface area contributed by atoms with E-state index in [1.165, 1.54) is 23.9 Å². The molecule has 1 N–H and O–H groups in total. The van der Waals surface area contributed by atoms with Gasteiger partial charge in [-0.25, -0.2) is 9.97 Å². The quantitative estimate of drug-likeness (QED) is 0.678. The summed E-state index contributed by atoms with van der Waals surface area (Å²) in [7, 11) is 0. The molecule has 8 heteroatoms. The highest BCUT2D eigenvalue weighted by Crippen LogP contribution is 2.29. The zero-order chi connectivity index (χ0) is 17.0. The maximum Gasteiger partial charge on any atom is 0.416 e. The monoisotopic (exact) mass is 341 g/mol. The molecule has 0 spiro atoms. The zero-order valence-electron chi connectivity index (χ0n) is 12.4. The summed E-state index contributed by atoms with van der Waals surface area (Å²) in [4.78, 5) is 20.2. The fourth-order valence-electron chi connectivity index (χ4n) is 1.83. The Bertz CT molecular complexity index is 682. The molecule has 4 nitrogen and oxygen atoms in total. The van der Waals surface area contributed by atoms with Gasteiger partial charge in [0.1, 0.15) is 0 Å². The van der Waals surface area contributed by atoms with E-state index < -0.39 is 11.7 Å². The lowest BCUT2D eigenvalue weighted by Gasteiger charge is -2.08. The number of hydrogen-bond donors (Lipinski definition) is 1. The van der Waals surface area contributed by atoms with E-state index in [0.717, 1.165) is 23.5 Å². The number of carbonyl (C=O) groups is 1. The van der Waals surface area contributed by atoms with Gasteiger partial charge in [0.05, 0.1) is 11.3 Å². The van der Waals surface area contributed by atoms with Crippen molar-refractivity contribution in [3.05, 3.63) is 47.3 Å². The van der Waals surface area contributed by atoms with Crippen LogP contribution in [0.1, 0.15) is 17.0 Å². The van der Waals surface area contributed by atoms with Crippen LogP contribution in [0, 0.1) is 13.8 Å². The zero-order valence-corrected chi connectivity index (χ0v) is 13.3. The van der Waals surface area contributed by atoms with Gasteiger partial charge in [-0.1, -0.05) is 11.8 Å². The van der Waals surface area contributed by atoms with Crippen molar-refractivity contribution in [3.63, 3.8) is 0 Å². The molecule has 0 saturated heterocycles. The van der Waals surface area contributed by atoms with Crippen LogP contribution < -0.4 is 5.32 Å². The van der Waals surface area contributed by atoms with Crippen LogP contribution in [0.25, 0.3) is 0 Å². The molecule has 1 amide bonds. The summed E-state index contributed by atoms with van der Waals surface area (Å²) in [6.07, 6.45) is -4.39. The summed E-state index contributed by atoms with van der Waals surface area (Å²) in [5, 5.41) is 3.03. The summed E-state index contributed by atoms with van der Waals surface area (Å²) in [6, 6.07) is 6.12. The van der Waals surface area contributed by atoms with Crippen molar-refractivity contribution < 1.29 is 18.0 Å². The van der Waals surface area contributed by atoms with Crippen LogP contribution in [0.15, 0.2) is 35.5 Å². The number of alkyl halides is 3. The molecule has 122 valence electrons. The summed E-state index contributed by atoms with van der Waals surface area (Å²) in [5.74, 6) is -0.262. The summed E-state index contributed by atoms with van der Waals surface area (Å²) >= 11 is 1.17. The van der Waals surface area contributed by atoms with E-state index in [9.17, 15) is 18.0 Å². The maximum absolute atomic E-state index is 12.5. The summed E-state index contributed by atoms with van der Waals surface area (Å²) in [5.41, 5.74) is 1.17. The number of halogens is 3. The van der Waals surface area contributed by atoms with E-state index in [1.807, 2.05) is 19.9 Å². The number of rotatable bonds is 4. The van der Waals surface area contributed by atoms with E-state index in [1.54, 1.807) is 0 Å². The first-order chi connectivity index (χ1) is 10.7. The Morgan fingerprint density at radius 3 is 2.22 bits per heavy atom. The average Bonchev–Trinajstić information content (AvgIpc) is 2.44. The SMILES string of the molecule is Cc1cc(C)nc(SCC(=O)Nc2ccc(C(F)(F)F)cc2)n1. The molecule has 0 fully saturated rings. The molecule has 0 aliphatic rings. The molecule has 0 radical (unpaired) electrons. The highest BCUT2D eigenvalue weighted by atomic mass is 32.2. The van der Waals surface area contributed by atoms with Crippen molar-refractivity contribution in [1.82, 2.24) is 9.97 Å². The fourth-order valence-corrected chi connectivity index (χ4v) is 2.58. The van der Waals surface area contributed by atoms with Crippen molar-refractivity contribution in [2.45, 2.75) is 25.2 Å². The lowest BCUT2D eigenvalue weighted by molar-refractivity contribution is -0.137. The van der Waals surface area contributed by atoms with Crippen LogP contribution in [0.2, 0.25) is 0 Å². The second kappa shape index (κ2) is 6.99. The molecule has 0 unspecified atom stereocenters. The van der Waals surface area contributed by atoms with Gasteiger partial charge in [0.2, 0.25) is 5.91 Å². The van der Waals surface area contributed by atoms with Gasteiger partial charge in [-0.05, 0) is 44.2 Å². The number of aryl methyl sites for hydroxylation is 2. The van der Waals surface area contributed by atoms with E-state index >= 15 is 0 Å². The molecule has 0 aliphatic carbocycles. The van der Waals surface area contributed by atoms with Gasteiger partial charge in [0, 0.05) is 17.1 Å². The van der Waals surface area contributed by atoms with E-state index in [0.29, 0.717) is 10.8 Å². The average molecular weight is 341 g/mol. The van der Waals surface area contributed by atoms with Crippen LogP contribution in [-0.2, 0) is 11.0 Å². The summed E-state index contributed by atoms with van der Waals surface area (Å²) < 4.78 is 37.4. The Balaban J connectivity index is 1.92. The fraction of sp³-hybridized carbons (Fsp3) is 0.267. The number of anilines is 1. The Morgan fingerprint density at radius 2 is 1.70 bits per heavy atom. The Morgan fingerprint density at radius 1 is 1.13 bits per heavy atom. The van der Waals surface area contributed by atoms with Crippen LogP contribution in [0.5, 0.6) is 0 Å². The van der Waals surface area contributed by atoms with Gasteiger partial charge in [-0.3, -0.25) is 4.79 Å². The maximum atomic E-state index is 12.5. The molecule has 1 heterocycles. The van der Waals surface area contributed by atoms with Crippen LogP contribution in [0.3, 0.4) is 0 Å². The molecule has 0 aliphatic heterocycles. The predicted molar refractivity (Wildman–Crippen MR) is 82.3 cm³/mol. The minimum Gasteiger partial charge on any atom is -0.325 e. The number of aromatic nitrogens is 2. The number of amides is 1.